The predicted molar refractivity (Wildman–Crippen MR) is 68.1 cm³/mol. The third kappa shape index (κ3) is 3.92. The minimum absolute atomic E-state index is 0.438. The molecule has 0 radical (unpaired) electrons. The fourth-order valence-electron chi connectivity index (χ4n) is 1.43. The Hall–Kier alpha value is -1.75. The van der Waals surface area contributed by atoms with E-state index in [2.05, 4.69) is 5.32 Å². The molecule has 0 bridgehead atoms. The van der Waals surface area contributed by atoms with Crippen LogP contribution in [0.15, 0.2) is 18.2 Å². The highest BCUT2D eigenvalue weighted by Gasteiger charge is 2.15. The van der Waals surface area contributed by atoms with Crippen molar-refractivity contribution in [1.82, 2.24) is 5.32 Å². The van der Waals surface area contributed by atoms with Crippen LogP contribution in [0.2, 0.25) is 0 Å². The molecular weight excluding hydrogens is 234 g/mol. The number of carbonyl (C=O) groups is 1. The van der Waals surface area contributed by atoms with E-state index in [-0.39, 0.29) is 0 Å². The van der Waals surface area contributed by atoms with Crippen molar-refractivity contribution in [3.8, 4) is 11.5 Å². The molecule has 0 fully saturated rings. The first-order chi connectivity index (χ1) is 8.58. The van der Waals surface area contributed by atoms with Gasteiger partial charge in [0.15, 0.2) is 17.6 Å². The molecule has 0 aromatic heterocycles. The van der Waals surface area contributed by atoms with Crippen LogP contribution in [0.5, 0.6) is 11.5 Å². The number of ether oxygens (including phenoxy) is 2. The summed E-state index contributed by atoms with van der Waals surface area (Å²) in [7, 11) is 1.53. The fourth-order valence-corrected chi connectivity index (χ4v) is 1.43. The molecule has 1 unspecified atom stereocenters. The van der Waals surface area contributed by atoms with Crippen molar-refractivity contribution in [2.75, 3.05) is 13.7 Å². The zero-order valence-electron chi connectivity index (χ0n) is 10.9. The van der Waals surface area contributed by atoms with Gasteiger partial charge in [-0.25, -0.2) is 4.79 Å². The lowest BCUT2D eigenvalue weighted by Gasteiger charge is -2.14. The molecule has 0 heterocycles. The van der Waals surface area contributed by atoms with Gasteiger partial charge in [-0.05, 0) is 31.2 Å². The van der Waals surface area contributed by atoms with Gasteiger partial charge in [-0.1, -0.05) is 13.0 Å². The van der Waals surface area contributed by atoms with E-state index in [9.17, 15) is 4.79 Å². The number of hydrogen-bond donors (Lipinski definition) is 2. The monoisotopic (exact) mass is 253 g/mol. The van der Waals surface area contributed by atoms with E-state index in [0.717, 1.165) is 18.7 Å². The second kappa shape index (κ2) is 6.86. The first kappa shape index (κ1) is 14.3. The van der Waals surface area contributed by atoms with E-state index in [1.54, 1.807) is 6.07 Å². The van der Waals surface area contributed by atoms with Crippen molar-refractivity contribution in [3.05, 3.63) is 23.8 Å². The molecule has 2 N–H and O–H groups in total. The SMILES string of the molecule is CCNCc1ccc(OC(C)C(=O)O)c(OC)c1. The second-order valence-electron chi connectivity index (χ2n) is 3.86. The number of benzene rings is 1. The van der Waals surface area contributed by atoms with Gasteiger partial charge >= 0.3 is 5.97 Å². The van der Waals surface area contributed by atoms with Gasteiger partial charge < -0.3 is 19.9 Å². The van der Waals surface area contributed by atoms with E-state index in [1.165, 1.54) is 14.0 Å². The summed E-state index contributed by atoms with van der Waals surface area (Å²) in [5, 5.41) is 12.0. The zero-order chi connectivity index (χ0) is 13.5. The van der Waals surface area contributed by atoms with Gasteiger partial charge in [-0.15, -0.1) is 0 Å². The largest absolute Gasteiger partial charge is 0.493 e. The summed E-state index contributed by atoms with van der Waals surface area (Å²) in [4.78, 5) is 10.7. The minimum Gasteiger partial charge on any atom is -0.493 e. The average Bonchev–Trinajstić information content (AvgIpc) is 2.37. The van der Waals surface area contributed by atoms with Gasteiger partial charge in [0, 0.05) is 6.54 Å². The maximum Gasteiger partial charge on any atom is 0.344 e. The average molecular weight is 253 g/mol. The molecule has 0 aliphatic carbocycles. The summed E-state index contributed by atoms with van der Waals surface area (Å²) in [6, 6.07) is 5.45. The molecule has 5 heteroatoms. The number of aliphatic carboxylic acids is 1. The lowest BCUT2D eigenvalue weighted by molar-refractivity contribution is -0.144. The fraction of sp³-hybridized carbons (Fsp3) is 0.462. The Bertz CT molecular complexity index is 406. The first-order valence-electron chi connectivity index (χ1n) is 5.85. The molecule has 1 aromatic rings. The highest BCUT2D eigenvalue weighted by atomic mass is 16.5. The third-order valence-corrected chi connectivity index (χ3v) is 2.46. The van der Waals surface area contributed by atoms with Crippen molar-refractivity contribution in [2.45, 2.75) is 26.5 Å². The normalized spacial score (nSPS) is 11.9. The van der Waals surface area contributed by atoms with Crippen molar-refractivity contribution >= 4 is 5.97 Å². The lowest BCUT2D eigenvalue weighted by atomic mass is 10.2. The van der Waals surface area contributed by atoms with Crippen LogP contribution in [0.25, 0.3) is 0 Å². The highest BCUT2D eigenvalue weighted by molar-refractivity contribution is 5.72. The summed E-state index contributed by atoms with van der Waals surface area (Å²) < 4.78 is 10.5. The Morgan fingerprint density at radius 1 is 1.44 bits per heavy atom. The topological polar surface area (TPSA) is 67.8 Å². The van der Waals surface area contributed by atoms with E-state index < -0.39 is 12.1 Å². The Labute approximate surface area is 107 Å². The lowest BCUT2D eigenvalue weighted by Crippen LogP contribution is -2.23. The summed E-state index contributed by atoms with van der Waals surface area (Å²) in [5.74, 6) is -0.0278. The number of carboxylic acids is 1. The van der Waals surface area contributed by atoms with Gasteiger partial charge in [-0.2, -0.15) is 0 Å². The van der Waals surface area contributed by atoms with Crippen LogP contribution in [-0.2, 0) is 11.3 Å². The molecule has 0 saturated carbocycles. The highest BCUT2D eigenvalue weighted by Crippen LogP contribution is 2.28. The maximum atomic E-state index is 10.7. The summed E-state index contributed by atoms with van der Waals surface area (Å²) in [6.07, 6.45) is -0.904. The second-order valence-corrected chi connectivity index (χ2v) is 3.86. The Kier molecular flexibility index (Phi) is 5.45. The van der Waals surface area contributed by atoms with Gasteiger partial charge in [-0.3, -0.25) is 0 Å². The molecule has 18 heavy (non-hydrogen) atoms. The third-order valence-electron chi connectivity index (χ3n) is 2.46. The molecule has 1 aromatic carbocycles. The molecule has 100 valence electrons. The van der Waals surface area contributed by atoms with Crippen LogP contribution >= 0.6 is 0 Å². The number of methoxy groups -OCH3 is 1. The van der Waals surface area contributed by atoms with E-state index in [0.29, 0.717) is 11.5 Å². The standard InChI is InChI=1S/C13H19NO4/c1-4-14-8-10-5-6-11(12(7-10)17-3)18-9(2)13(15)16/h5-7,9,14H,4,8H2,1-3H3,(H,15,16). The van der Waals surface area contributed by atoms with Crippen LogP contribution < -0.4 is 14.8 Å². The van der Waals surface area contributed by atoms with Crippen LogP contribution in [0, 0.1) is 0 Å². The van der Waals surface area contributed by atoms with Crippen molar-refractivity contribution < 1.29 is 19.4 Å². The Balaban J connectivity index is 2.82. The number of carboxylic acid groups (broad SMARTS) is 1. The van der Waals surface area contributed by atoms with Crippen LogP contribution in [0.1, 0.15) is 19.4 Å². The summed E-state index contributed by atoms with van der Waals surface area (Å²) in [6.45, 7) is 5.13. The summed E-state index contributed by atoms with van der Waals surface area (Å²) in [5.41, 5.74) is 1.06. The van der Waals surface area contributed by atoms with Crippen LogP contribution in [0.4, 0.5) is 0 Å². The minimum atomic E-state index is -1.01. The molecule has 0 aliphatic heterocycles. The molecule has 5 nitrogen and oxygen atoms in total. The number of rotatable bonds is 7. The quantitative estimate of drug-likeness (QED) is 0.773. The maximum absolute atomic E-state index is 10.7. The Morgan fingerprint density at radius 2 is 2.17 bits per heavy atom. The van der Waals surface area contributed by atoms with Gasteiger partial charge in [0.05, 0.1) is 7.11 Å². The van der Waals surface area contributed by atoms with Gasteiger partial charge in [0.1, 0.15) is 0 Å². The smallest absolute Gasteiger partial charge is 0.344 e. The molecule has 0 saturated heterocycles. The van der Waals surface area contributed by atoms with Crippen LogP contribution in [0.3, 0.4) is 0 Å². The van der Waals surface area contributed by atoms with Crippen molar-refractivity contribution in [1.29, 1.82) is 0 Å². The van der Waals surface area contributed by atoms with Crippen LogP contribution in [-0.4, -0.2) is 30.8 Å². The van der Waals surface area contributed by atoms with E-state index in [1.807, 2.05) is 19.1 Å². The van der Waals surface area contributed by atoms with Crippen molar-refractivity contribution in [3.63, 3.8) is 0 Å². The van der Waals surface area contributed by atoms with E-state index in [4.69, 9.17) is 14.6 Å². The van der Waals surface area contributed by atoms with Gasteiger partial charge in [0.2, 0.25) is 0 Å². The number of hydrogen-bond acceptors (Lipinski definition) is 4. The molecule has 0 aliphatic rings. The molecular formula is C13H19NO4. The number of nitrogens with one attached hydrogen (secondary N) is 1. The molecule has 1 atom stereocenters. The van der Waals surface area contributed by atoms with E-state index >= 15 is 0 Å². The molecule has 1 rings (SSSR count). The van der Waals surface area contributed by atoms with Gasteiger partial charge in [0.25, 0.3) is 0 Å². The zero-order valence-corrected chi connectivity index (χ0v) is 10.9. The predicted octanol–water partition coefficient (Wildman–Crippen LogP) is 1.66. The molecule has 0 spiro atoms. The first-order valence-corrected chi connectivity index (χ1v) is 5.85. The Morgan fingerprint density at radius 3 is 2.72 bits per heavy atom. The van der Waals surface area contributed by atoms with Crippen molar-refractivity contribution in [2.24, 2.45) is 0 Å². The summed E-state index contributed by atoms with van der Waals surface area (Å²) >= 11 is 0. The molecule has 0 amide bonds.